The van der Waals surface area contributed by atoms with Crippen molar-refractivity contribution in [2.24, 2.45) is 11.3 Å². The third-order valence-corrected chi connectivity index (χ3v) is 6.40. The molecule has 1 rings (SSSR count). The fourth-order valence-corrected chi connectivity index (χ4v) is 4.63. The summed E-state index contributed by atoms with van der Waals surface area (Å²) in [6, 6.07) is 0. The Kier molecular flexibility index (Phi) is 12.3. The molecule has 0 N–H and O–H groups in total. The van der Waals surface area contributed by atoms with Gasteiger partial charge in [-0.05, 0) is 50.4 Å². The van der Waals surface area contributed by atoms with E-state index in [4.69, 9.17) is 0 Å². The summed E-state index contributed by atoms with van der Waals surface area (Å²) in [6.07, 6.45) is 27.1. The highest BCUT2D eigenvalue weighted by Gasteiger charge is 2.31. The molecule has 0 aromatic carbocycles. The van der Waals surface area contributed by atoms with Crippen LogP contribution in [0.4, 0.5) is 0 Å². The first kappa shape index (κ1) is 22.5. The van der Waals surface area contributed by atoms with Crippen LogP contribution < -0.4 is 0 Å². The normalized spacial score (nSPS) is 19.6. The van der Waals surface area contributed by atoms with E-state index in [0.717, 1.165) is 5.92 Å². The maximum absolute atomic E-state index is 3.79. The number of unbranched alkanes of at least 4 members (excludes halogenated alkanes) is 12. The van der Waals surface area contributed by atoms with Gasteiger partial charge in [0.2, 0.25) is 0 Å². The largest absolute Gasteiger partial charge is 0.103 e. The monoisotopic (exact) mass is 346 g/mol. The van der Waals surface area contributed by atoms with Crippen molar-refractivity contribution in [1.29, 1.82) is 0 Å². The molecule has 0 aromatic rings. The summed E-state index contributed by atoms with van der Waals surface area (Å²) in [7, 11) is 0. The van der Waals surface area contributed by atoms with Gasteiger partial charge >= 0.3 is 0 Å². The maximum Gasteiger partial charge on any atom is -0.0155 e. The minimum atomic E-state index is 0.532. The van der Waals surface area contributed by atoms with Gasteiger partial charge in [-0.2, -0.15) is 0 Å². The van der Waals surface area contributed by atoms with E-state index in [1.54, 1.807) is 5.57 Å². The quantitative estimate of drug-likeness (QED) is 0.205. The van der Waals surface area contributed by atoms with Crippen LogP contribution in [0.1, 0.15) is 124 Å². The molecular weight excluding hydrogens is 300 g/mol. The van der Waals surface area contributed by atoms with E-state index in [1.165, 1.54) is 103 Å². The van der Waals surface area contributed by atoms with E-state index >= 15 is 0 Å². The lowest BCUT2D eigenvalue weighted by atomic mass is 9.67. The van der Waals surface area contributed by atoms with Crippen molar-refractivity contribution in [2.45, 2.75) is 124 Å². The number of hydrogen-bond donors (Lipinski definition) is 0. The van der Waals surface area contributed by atoms with E-state index in [0.29, 0.717) is 5.41 Å². The molecule has 0 heteroatoms. The van der Waals surface area contributed by atoms with Crippen LogP contribution >= 0.6 is 0 Å². The summed E-state index contributed by atoms with van der Waals surface area (Å²) in [4.78, 5) is 0. The van der Waals surface area contributed by atoms with E-state index in [1.807, 2.05) is 6.08 Å². The lowest BCUT2D eigenvalue weighted by Gasteiger charge is -2.38. The topological polar surface area (TPSA) is 0 Å². The Morgan fingerprint density at radius 3 is 1.84 bits per heavy atom. The van der Waals surface area contributed by atoms with Crippen LogP contribution in [0.25, 0.3) is 0 Å². The summed E-state index contributed by atoms with van der Waals surface area (Å²) >= 11 is 0. The third-order valence-electron chi connectivity index (χ3n) is 6.40. The first-order chi connectivity index (χ1) is 12.1. The van der Waals surface area contributed by atoms with Gasteiger partial charge in [-0.15, -0.1) is 6.58 Å². The van der Waals surface area contributed by atoms with E-state index in [-0.39, 0.29) is 0 Å². The second-order valence-corrected chi connectivity index (χ2v) is 9.14. The van der Waals surface area contributed by atoms with Gasteiger partial charge < -0.3 is 0 Å². The highest BCUT2D eigenvalue weighted by molar-refractivity contribution is 5.11. The zero-order valence-electron chi connectivity index (χ0n) is 17.8. The zero-order valence-corrected chi connectivity index (χ0v) is 17.8. The lowest BCUT2D eigenvalue weighted by Crippen LogP contribution is -2.27. The molecule has 146 valence electrons. The van der Waals surface area contributed by atoms with E-state index < -0.39 is 0 Å². The molecule has 0 spiro atoms. The van der Waals surface area contributed by atoms with Crippen LogP contribution in [0.3, 0.4) is 0 Å². The third kappa shape index (κ3) is 10.3. The maximum atomic E-state index is 3.79. The molecule has 1 atom stereocenters. The van der Waals surface area contributed by atoms with Gasteiger partial charge in [0.25, 0.3) is 0 Å². The molecule has 1 aliphatic rings. The Morgan fingerprint density at radius 1 is 0.880 bits per heavy atom. The molecule has 0 aliphatic heterocycles. The van der Waals surface area contributed by atoms with Crippen molar-refractivity contribution in [3.05, 3.63) is 24.3 Å². The van der Waals surface area contributed by atoms with Crippen molar-refractivity contribution >= 4 is 0 Å². The molecule has 0 saturated carbocycles. The Morgan fingerprint density at radius 2 is 1.36 bits per heavy atom. The van der Waals surface area contributed by atoms with Crippen molar-refractivity contribution in [2.75, 3.05) is 0 Å². The predicted octanol–water partition coefficient (Wildman–Crippen LogP) is 9.02. The Bertz CT molecular complexity index is 360. The number of hydrogen-bond acceptors (Lipinski definition) is 0. The predicted molar refractivity (Wildman–Crippen MR) is 115 cm³/mol. The SMILES string of the molecule is C=CCCCCCCCCCCCCCCC1C(C)=CCCC1(C)C. The van der Waals surface area contributed by atoms with Gasteiger partial charge in [0.1, 0.15) is 0 Å². The fourth-order valence-electron chi connectivity index (χ4n) is 4.63. The Labute approximate surface area is 159 Å². The molecule has 0 aromatic heterocycles. The Hall–Kier alpha value is -0.520. The van der Waals surface area contributed by atoms with Gasteiger partial charge in [-0.3, -0.25) is 0 Å². The average molecular weight is 347 g/mol. The van der Waals surface area contributed by atoms with Gasteiger partial charge in [-0.25, -0.2) is 0 Å². The van der Waals surface area contributed by atoms with Crippen LogP contribution in [-0.4, -0.2) is 0 Å². The molecule has 0 saturated heterocycles. The average Bonchev–Trinajstić information content (AvgIpc) is 2.57. The zero-order chi connectivity index (χ0) is 18.4. The lowest BCUT2D eigenvalue weighted by molar-refractivity contribution is 0.199. The van der Waals surface area contributed by atoms with Crippen molar-refractivity contribution in [3.63, 3.8) is 0 Å². The standard InChI is InChI=1S/C25H46/c1-5-6-7-8-9-10-11-12-13-14-15-16-17-18-21-24-23(2)20-19-22-25(24,3)4/h5,20,24H,1,6-19,21-22H2,2-4H3. The highest BCUT2D eigenvalue weighted by atomic mass is 14.4. The minimum absolute atomic E-state index is 0.532. The summed E-state index contributed by atoms with van der Waals surface area (Å²) in [5.74, 6) is 0.840. The van der Waals surface area contributed by atoms with Crippen molar-refractivity contribution in [1.82, 2.24) is 0 Å². The van der Waals surface area contributed by atoms with Crippen LogP contribution in [0, 0.1) is 11.3 Å². The minimum Gasteiger partial charge on any atom is -0.103 e. The van der Waals surface area contributed by atoms with Crippen LogP contribution in [0.5, 0.6) is 0 Å². The van der Waals surface area contributed by atoms with Crippen molar-refractivity contribution in [3.8, 4) is 0 Å². The Balaban J connectivity index is 1.88. The van der Waals surface area contributed by atoms with Crippen LogP contribution in [0.2, 0.25) is 0 Å². The summed E-state index contributed by atoms with van der Waals surface area (Å²) in [5.41, 5.74) is 2.20. The van der Waals surface area contributed by atoms with Gasteiger partial charge in [0, 0.05) is 0 Å². The van der Waals surface area contributed by atoms with Gasteiger partial charge in [0.15, 0.2) is 0 Å². The molecular formula is C25H46. The fraction of sp³-hybridized carbons (Fsp3) is 0.840. The van der Waals surface area contributed by atoms with E-state index in [2.05, 4.69) is 33.4 Å². The first-order valence-electron chi connectivity index (χ1n) is 11.4. The summed E-state index contributed by atoms with van der Waals surface area (Å²) in [5, 5.41) is 0. The molecule has 0 amide bonds. The molecule has 1 aliphatic carbocycles. The first-order valence-corrected chi connectivity index (χ1v) is 11.4. The molecule has 0 bridgehead atoms. The second-order valence-electron chi connectivity index (χ2n) is 9.14. The number of allylic oxidation sites excluding steroid dienone is 3. The van der Waals surface area contributed by atoms with Crippen LogP contribution in [0.15, 0.2) is 24.3 Å². The van der Waals surface area contributed by atoms with Gasteiger partial charge in [0.05, 0.1) is 0 Å². The number of rotatable bonds is 15. The molecule has 0 heterocycles. The van der Waals surface area contributed by atoms with E-state index in [9.17, 15) is 0 Å². The smallest absolute Gasteiger partial charge is 0.0155 e. The molecule has 1 unspecified atom stereocenters. The molecule has 0 fully saturated rings. The molecule has 0 nitrogen and oxygen atoms in total. The van der Waals surface area contributed by atoms with Gasteiger partial charge in [-0.1, -0.05) is 102 Å². The molecule has 25 heavy (non-hydrogen) atoms. The highest BCUT2D eigenvalue weighted by Crippen LogP contribution is 2.43. The van der Waals surface area contributed by atoms with Crippen molar-refractivity contribution < 1.29 is 0 Å². The van der Waals surface area contributed by atoms with Crippen LogP contribution in [-0.2, 0) is 0 Å². The molecule has 0 radical (unpaired) electrons. The summed E-state index contributed by atoms with van der Waals surface area (Å²) in [6.45, 7) is 11.1. The summed E-state index contributed by atoms with van der Waals surface area (Å²) < 4.78 is 0. The second kappa shape index (κ2) is 13.7.